The third kappa shape index (κ3) is 8.26. The number of thioether (sulfide) groups is 1. The van der Waals surface area contributed by atoms with Crippen molar-refractivity contribution in [2.24, 2.45) is 0 Å². The fourth-order valence-electron chi connectivity index (χ4n) is 2.04. The van der Waals surface area contributed by atoms with E-state index >= 15 is 0 Å². The molecule has 24 heavy (non-hydrogen) atoms. The lowest BCUT2D eigenvalue weighted by atomic mass is 10.00. The maximum absolute atomic E-state index is 3.98. The minimum atomic E-state index is 0.987. The Balaban J connectivity index is 5.91. The molecule has 2 heteroatoms. The van der Waals surface area contributed by atoms with Gasteiger partial charge in [-0.2, -0.15) is 0 Å². The molecule has 0 rings (SSSR count). The highest BCUT2D eigenvalue weighted by molar-refractivity contribution is 8.06. The van der Waals surface area contributed by atoms with E-state index < -0.39 is 0 Å². The van der Waals surface area contributed by atoms with Gasteiger partial charge >= 0.3 is 0 Å². The fourth-order valence-corrected chi connectivity index (χ4v) is 2.92. The lowest BCUT2D eigenvalue weighted by molar-refractivity contribution is 0.987. The van der Waals surface area contributed by atoms with Gasteiger partial charge in [-0.1, -0.05) is 62.6 Å². The Hall–Kier alpha value is -1.67. The van der Waals surface area contributed by atoms with E-state index in [-0.39, 0.29) is 0 Å². The van der Waals surface area contributed by atoms with E-state index in [1.807, 2.05) is 13.1 Å². The Bertz CT molecular complexity index is 569. The van der Waals surface area contributed by atoms with Crippen LogP contribution in [0.2, 0.25) is 0 Å². The molecule has 0 saturated heterocycles. The third-order valence-corrected chi connectivity index (χ3v) is 4.49. The predicted molar refractivity (Wildman–Crippen MR) is 114 cm³/mol. The van der Waals surface area contributed by atoms with Gasteiger partial charge in [0.2, 0.25) is 0 Å². The molecule has 0 aromatic rings. The minimum absolute atomic E-state index is 0.987. The Labute approximate surface area is 153 Å². The molecule has 1 N–H and O–H groups in total. The van der Waals surface area contributed by atoms with Crippen molar-refractivity contribution in [1.82, 2.24) is 5.32 Å². The monoisotopic (exact) mass is 343 g/mol. The maximum Gasteiger partial charge on any atom is 0.0142 e. The van der Waals surface area contributed by atoms with Gasteiger partial charge in [-0.3, -0.25) is 0 Å². The van der Waals surface area contributed by atoms with Crippen molar-refractivity contribution in [3.05, 3.63) is 81.8 Å². The molecule has 0 bridgehead atoms. The number of allylic oxidation sites excluding steroid dienone is 11. The molecule has 0 aliphatic heterocycles. The van der Waals surface area contributed by atoms with Crippen LogP contribution in [0.1, 0.15) is 47.5 Å². The van der Waals surface area contributed by atoms with E-state index in [9.17, 15) is 0 Å². The molecule has 0 radical (unpaired) electrons. The van der Waals surface area contributed by atoms with E-state index in [4.69, 9.17) is 0 Å². The first-order valence-electron chi connectivity index (χ1n) is 8.63. The van der Waals surface area contributed by atoms with Crippen LogP contribution in [-0.4, -0.2) is 7.05 Å². The van der Waals surface area contributed by atoms with E-state index in [2.05, 4.69) is 88.4 Å². The number of hydrogen-bond donors (Lipinski definition) is 1. The van der Waals surface area contributed by atoms with Crippen LogP contribution in [0.15, 0.2) is 81.8 Å². The first kappa shape index (κ1) is 22.3. The van der Waals surface area contributed by atoms with Crippen molar-refractivity contribution < 1.29 is 0 Å². The normalized spacial score (nSPS) is 15.2. The molecule has 0 fully saturated rings. The third-order valence-electron chi connectivity index (χ3n) is 3.44. The molecule has 0 unspecified atom stereocenters. The molecule has 132 valence electrons. The zero-order chi connectivity index (χ0) is 18.4. The molecule has 0 aromatic heterocycles. The molecule has 0 aromatic carbocycles. The fraction of sp³-hybridized carbons (Fsp3) is 0.364. The highest BCUT2D eigenvalue weighted by Crippen LogP contribution is 2.29. The molecule has 0 heterocycles. The van der Waals surface area contributed by atoms with Gasteiger partial charge in [-0.25, -0.2) is 0 Å². The standard InChI is InChI=1S/C22H33NS/c1-8-13-15-24-22(12-5)20(11-4)17-21(16-18(6)23-7)19(10-3)14-9-2/h10-17,23H,3,8-9H2,1-2,4-7H3/b15-13+,18-16+,19-14+,20-11+,21-17-,22-12-. The van der Waals surface area contributed by atoms with Crippen molar-refractivity contribution in [2.75, 3.05) is 7.05 Å². The summed E-state index contributed by atoms with van der Waals surface area (Å²) in [6.45, 7) is 14.5. The summed E-state index contributed by atoms with van der Waals surface area (Å²) in [5.41, 5.74) is 4.69. The summed E-state index contributed by atoms with van der Waals surface area (Å²) in [4.78, 5) is 1.26. The van der Waals surface area contributed by atoms with Crippen molar-refractivity contribution in [3.63, 3.8) is 0 Å². The van der Waals surface area contributed by atoms with Gasteiger partial charge in [0.1, 0.15) is 0 Å². The average molecular weight is 344 g/mol. The largest absolute Gasteiger partial charge is 0.392 e. The molecule has 0 amide bonds. The van der Waals surface area contributed by atoms with Gasteiger partial charge in [0.05, 0.1) is 0 Å². The topological polar surface area (TPSA) is 12.0 Å². The summed E-state index contributed by atoms with van der Waals surface area (Å²) in [7, 11) is 1.94. The van der Waals surface area contributed by atoms with Gasteiger partial charge < -0.3 is 5.32 Å². The van der Waals surface area contributed by atoms with E-state index in [1.54, 1.807) is 11.8 Å². The second-order valence-corrected chi connectivity index (χ2v) is 6.19. The molecule has 0 aliphatic carbocycles. The van der Waals surface area contributed by atoms with Crippen LogP contribution in [0, 0.1) is 0 Å². The summed E-state index contributed by atoms with van der Waals surface area (Å²) < 4.78 is 0. The highest BCUT2D eigenvalue weighted by Gasteiger charge is 2.05. The molecule has 0 spiro atoms. The molecular formula is C22H33NS. The molecule has 0 atom stereocenters. The van der Waals surface area contributed by atoms with Gasteiger partial charge in [-0.05, 0) is 67.9 Å². The van der Waals surface area contributed by atoms with Crippen LogP contribution in [-0.2, 0) is 0 Å². The first-order valence-corrected chi connectivity index (χ1v) is 9.51. The van der Waals surface area contributed by atoms with Crippen LogP contribution < -0.4 is 5.32 Å². The number of nitrogens with one attached hydrogen (secondary N) is 1. The summed E-state index contributed by atoms with van der Waals surface area (Å²) in [6, 6.07) is 0. The Morgan fingerprint density at radius 3 is 2.17 bits per heavy atom. The Morgan fingerprint density at radius 1 is 1.00 bits per heavy atom. The highest BCUT2D eigenvalue weighted by atomic mass is 32.2. The maximum atomic E-state index is 3.98. The summed E-state index contributed by atoms with van der Waals surface area (Å²) in [5, 5.41) is 5.37. The summed E-state index contributed by atoms with van der Waals surface area (Å²) >= 11 is 1.76. The second kappa shape index (κ2) is 13.7. The first-order chi connectivity index (χ1) is 11.6. The smallest absolute Gasteiger partial charge is 0.0142 e. The van der Waals surface area contributed by atoms with Crippen molar-refractivity contribution in [2.45, 2.75) is 47.5 Å². The number of hydrogen-bond acceptors (Lipinski definition) is 2. The van der Waals surface area contributed by atoms with Crippen molar-refractivity contribution in [1.29, 1.82) is 0 Å². The molecule has 0 saturated carbocycles. The van der Waals surface area contributed by atoms with Gasteiger partial charge in [-0.15, -0.1) is 0 Å². The number of rotatable bonds is 10. The summed E-state index contributed by atoms with van der Waals surface area (Å²) in [5.74, 6) is 0. The lowest BCUT2D eigenvalue weighted by Crippen LogP contribution is -2.02. The van der Waals surface area contributed by atoms with Gasteiger partial charge in [0.15, 0.2) is 0 Å². The second-order valence-electron chi connectivity index (χ2n) is 5.24. The van der Waals surface area contributed by atoms with Crippen LogP contribution in [0.4, 0.5) is 0 Å². The molecular weight excluding hydrogens is 310 g/mol. The zero-order valence-electron chi connectivity index (χ0n) is 16.1. The van der Waals surface area contributed by atoms with Crippen LogP contribution in [0.25, 0.3) is 0 Å². The van der Waals surface area contributed by atoms with E-state index in [0.717, 1.165) is 24.1 Å². The van der Waals surface area contributed by atoms with Crippen molar-refractivity contribution >= 4 is 11.8 Å². The molecule has 0 aliphatic rings. The van der Waals surface area contributed by atoms with Crippen LogP contribution >= 0.6 is 11.8 Å². The molecule has 1 nitrogen and oxygen atoms in total. The van der Waals surface area contributed by atoms with E-state index in [1.165, 1.54) is 16.1 Å². The Kier molecular flexibility index (Phi) is 12.8. The van der Waals surface area contributed by atoms with Gasteiger partial charge in [0.25, 0.3) is 0 Å². The van der Waals surface area contributed by atoms with Crippen LogP contribution in [0.3, 0.4) is 0 Å². The minimum Gasteiger partial charge on any atom is -0.392 e. The quantitative estimate of drug-likeness (QED) is 0.426. The average Bonchev–Trinajstić information content (AvgIpc) is 2.60. The zero-order valence-corrected chi connectivity index (χ0v) is 17.0. The Morgan fingerprint density at radius 2 is 1.71 bits per heavy atom. The van der Waals surface area contributed by atoms with E-state index in [0.29, 0.717) is 0 Å². The lowest BCUT2D eigenvalue weighted by Gasteiger charge is -2.11. The van der Waals surface area contributed by atoms with Crippen molar-refractivity contribution in [3.8, 4) is 0 Å². The SMILES string of the molecule is C=CC(=C\CC)/C(=C\C(=C/C)C(=C\C)\S/C=C/CC)/C=C(\C)NC. The van der Waals surface area contributed by atoms with Crippen LogP contribution in [0.5, 0.6) is 0 Å². The summed E-state index contributed by atoms with van der Waals surface area (Å²) in [6.07, 6.45) is 17.1. The predicted octanol–water partition coefficient (Wildman–Crippen LogP) is 7.07. The van der Waals surface area contributed by atoms with Gasteiger partial charge in [0, 0.05) is 17.6 Å².